The Balaban J connectivity index is 2.73. The Hall–Kier alpha value is -1.36. The molecule has 1 aromatic rings. The molecule has 0 unspecified atom stereocenters. The summed E-state index contributed by atoms with van der Waals surface area (Å²) in [5.74, 6) is -0.225. The van der Waals surface area contributed by atoms with Gasteiger partial charge in [-0.1, -0.05) is 12.6 Å². The molecule has 0 aliphatic heterocycles. The van der Waals surface area contributed by atoms with E-state index in [1.54, 1.807) is 12.1 Å². The van der Waals surface area contributed by atoms with Crippen LogP contribution in [0.1, 0.15) is 5.56 Å². The third-order valence-corrected chi connectivity index (χ3v) is 1.22. The summed E-state index contributed by atoms with van der Waals surface area (Å²) in [4.78, 5) is 14.1. The Morgan fingerprint density at radius 3 is 2.58 bits per heavy atom. The van der Waals surface area contributed by atoms with Gasteiger partial charge in [-0.2, -0.15) is 0 Å². The lowest BCUT2D eigenvalue weighted by Crippen LogP contribution is -2.06. The number of carbonyl (C=O) groups is 1. The maximum atomic E-state index is 10.3. The van der Waals surface area contributed by atoms with E-state index in [4.69, 9.17) is 5.41 Å². The van der Waals surface area contributed by atoms with E-state index in [-0.39, 0.29) is 5.90 Å². The summed E-state index contributed by atoms with van der Waals surface area (Å²) < 4.78 is 4.42. The largest absolute Gasteiger partial charge is 0.399 e. The van der Waals surface area contributed by atoms with Crippen LogP contribution in [0.2, 0.25) is 0 Å². The van der Waals surface area contributed by atoms with Crippen molar-refractivity contribution >= 4 is 23.8 Å². The molecule has 1 aromatic heterocycles. The van der Waals surface area contributed by atoms with E-state index in [0.29, 0.717) is 5.56 Å². The molecule has 0 saturated carbocycles. The summed E-state index contributed by atoms with van der Waals surface area (Å²) in [6.07, 6.45) is 3.02. The van der Waals surface area contributed by atoms with E-state index in [1.807, 2.05) is 0 Å². The van der Waals surface area contributed by atoms with Crippen molar-refractivity contribution < 1.29 is 9.53 Å². The van der Waals surface area contributed by atoms with E-state index in [9.17, 15) is 4.79 Å². The number of ether oxygens (including phenoxy) is 1. The third-order valence-electron chi connectivity index (χ3n) is 1.13. The van der Waals surface area contributed by atoms with Gasteiger partial charge in [0.05, 0.1) is 0 Å². The van der Waals surface area contributed by atoms with Gasteiger partial charge in [-0.05, 0) is 12.1 Å². The minimum atomic E-state index is -0.795. The summed E-state index contributed by atoms with van der Waals surface area (Å²) in [7, 11) is 0. The maximum absolute atomic E-state index is 10.3. The second-order valence-electron chi connectivity index (χ2n) is 1.93. The van der Waals surface area contributed by atoms with Crippen LogP contribution < -0.4 is 0 Å². The van der Waals surface area contributed by atoms with Crippen LogP contribution in [0.5, 0.6) is 0 Å². The van der Waals surface area contributed by atoms with E-state index < -0.39 is 5.30 Å². The van der Waals surface area contributed by atoms with Gasteiger partial charge in [-0.3, -0.25) is 10.4 Å². The highest BCUT2D eigenvalue weighted by molar-refractivity contribution is 7.96. The molecule has 12 heavy (non-hydrogen) atoms. The summed E-state index contributed by atoms with van der Waals surface area (Å²) in [6, 6.07) is 3.14. The molecular weight excluding hydrogens is 176 g/mol. The molecular formula is C7H6N2O2S. The van der Waals surface area contributed by atoms with Gasteiger partial charge in [0.15, 0.2) is 0 Å². The molecule has 0 spiro atoms. The van der Waals surface area contributed by atoms with Gasteiger partial charge in [0.1, 0.15) is 0 Å². The predicted octanol–water partition coefficient (Wildman–Crippen LogP) is 1.47. The topological polar surface area (TPSA) is 63.0 Å². The van der Waals surface area contributed by atoms with Gasteiger partial charge in [-0.15, -0.1) is 0 Å². The number of rotatable bonds is 1. The minimum Gasteiger partial charge on any atom is -0.399 e. The first-order chi connectivity index (χ1) is 5.70. The number of hydrogen-bond donors (Lipinski definition) is 2. The second-order valence-corrected chi connectivity index (χ2v) is 2.30. The summed E-state index contributed by atoms with van der Waals surface area (Å²) in [5.41, 5.74) is 0.493. The van der Waals surface area contributed by atoms with Crippen molar-refractivity contribution in [3.05, 3.63) is 30.1 Å². The zero-order valence-electron chi connectivity index (χ0n) is 6.02. The van der Waals surface area contributed by atoms with Crippen molar-refractivity contribution in [2.24, 2.45) is 0 Å². The van der Waals surface area contributed by atoms with Gasteiger partial charge >= 0.3 is 5.30 Å². The van der Waals surface area contributed by atoms with Crippen molar-refractivity contribution in [3.8, 4) is 0 Å². The Morgan fingerprint density at radius 1 is 1.50 bits per heavy atom. The number of carbonyl (C=O) groups excluding carboxylic acids is 1. The van der Waals surface area contributed by atoms with E-state index in [2.05, 4.69) is 22.3 Å². The number of pyridine rings is 1. The van der Waals surface area contributed by atoms with Crippen LogP contribution in [0.4, 0.5) is 4.79 Å². The third kappa shape index (κ3) is 2.35. The fourth-order valence-corrected chi connectivity index (χ4v) is 0.741. The lowest BCUT2D eigenvalue weighted by molar-refractivity contribution is 0.225. The van der Waals surface area contributed by atoms with Gasteiger partial charge in [0.2, 0.25) is 5.90 Å². The van der Waals surface area contributed by atoms with E-state index in [0.717, 1.165) is 0 Å². The van der Waals surface area contributed by atoms with Crippen molar-refractivity contribution in [1.82, 2.24) is 4.98 Å². The number of thiol groups is 1. The zero-order valence-corrected chi connectivity index (χ0v) is 6.91. The molecule has 0 saturated heterocycles. The Kier molecular flexibility index (Phi) is 2.82. The average molecular weight is 182 g/mol. The fourth-order valence-electron chi connectivity index (χ4n) is 0.650. The monoisotopic (exact) mass is 182 g/mol. The van der Waals surface area contributed by atoms with E-state index in [1.165, 1.54) is 12.4 Å². The zero-order chi connectivity index (χ0) is 8.97. The average Bonchev–Trinajstić information content (AvgIpc) is 2.05. The minimum absolute atomic E-state index is 0.225. The number of nitrogens with zero attached hydrogens (tertiary/aromatic N) is 1. The van der Waals surface area contributed by atoms with Crippen molar-refractivity contribution in [2.75, 3.05) is 0 Å². The van der Waals surface area contributed by atoms with Crippen LogP contribution in [0.25, 0.3) is 0 Å². The van der Waals surface area contributed by atoms with E-state index >= 15 is 0 Å². The second kappa shape index (κ2) is 3.87. The molecule has 0 fully saturated rings. The molecule has 1 rings (SSSR count). The highest BCUT2D eigenvalue weighted by Crippen LogP contribution is 2.00. The molecule has 5 heteroatoms. The van der Waals surface area contributed by atoms with Crippen LogP contribution in [0, 0.1) is 5.41 Å². The van der Waals surface area contributed by atoms with Gasteiger partial charge in [0.25, 0.3) is 0 Å². The molecule has 0 aliphatic carbocycles. The fraction of sp³-hybridized carbons (Fsp3) is 0. The smallest absolute Gasteiger partial charge is 0.370 e. The molecule has 1 N–H and O–H groups in total. The van der Waals surface area contributed by atoms with Crippen molar-refractivity contribution in [2.45, 2.75) is 0 Å². The SMILES string of the molecule is N=C(OC(=O)S)c1ccncc1. The van der Waals surface area contributed by atoms with Gasteiger partial charge in [0, 0.05) is 18.0 Å². The molecule has 1 heterocycles. The molecule has 0 aliphatic rings. The summed E-state index contributed by atoms with van der Waals surface area (Å²) in [5, 5.41) is 6.45. The molecule has 62 valence electrons. The first kappa shape index (κ1) is 8.73. The quantitative estimate of drug-likeness (QED) is 0.299. The number of aromatic nitrogens is 1. The maximum Gasteiger partial charge on any atom is 0.370 e. The molecule has 0 radical (unpaired) electrons. The molecule has 0 atom stereocenters. The summed E-state index contributed by atoms with van der Waals surface area (Å²) >= 11 is 3.37. The highest BCUT2D eigenvalue weighted by Gasteiger charge is 2.04. The molecule has 0 bridgehead atoms. The number of hydrogen-bond acceptors (Lipinski definition) is 4. The summed E-state index contributed by atoms with van der Waals surface area (Å²) in [6.45, 7) is 0. The Labute approximate surface area is 74.5 Å². The molecule has 0 amide bonds. The lowest BCUT2D eigenvalue weighted by atomic mass is 10.3. The van der Waals surface area contributed by atoms with Gasteiger partial charge in [-0.25, -0.2) is 4.79 Å². The Bertz CT molecular complexity index is 300. The van der Waals surface area contributed by atoms with Crippen LogP contribution in [0.15, 0.2) is 24.5 Å². The van der Waals surface area contributed by atoms with Crippen LogP contribution in [0.3, 0.4) is 0 Å². The van der Waals surface area contributed by atoms with Crippen LogP contribution in [-0.4, -0.2) is 16.2 Å². The highest BCUT2D eigenvalue weighted by atomic mass is 32.1. The standard InChI is InChI=1S/C7H6N2O2S/c8-6(11-7(10)12)5-1-3-9-4-2-5/h1-4,8H,(H,10,12). The first-order valence-electron chi connectivity index (χ1n) is 3.10. The number of nitrogens with one attached hydrogen (secondary N) is 1. The van der Waals surface area contributed by atoms with Crippen LogP contribution in [-0.2, 0) is 4.74 Å². The molecule has 4 nitrogen and oxygen atoms in total. The predicted molar refractivity (Wildman–Crippen MR) is 46.5 cm³/mol. The first-order valence-corrected chi connectivity index (χ1v) is 3.54. The Morgan fingerprint density at radius 2 is 2.08 bits per heavy atom. The van der Waals surface area contributed by atoms with Crippen molar-refractivity contribution in [1.29, 1.82) is 5.41 Å². The van der Waals surface area contributed by atoms with Gasteiger partial charge < -0.3 is 4.74 Å². The lowest BCUT2D eigenvalue weighted by Gasteiger charge is -2.00. The molecule has 0 aromatic carbocycles. The van der Waals surface area contributed by atoms with Crippen molar-refractivity contribution in [3.63, 3.8) is 0 Å². The van der Waals surface area contributed by atoms with Crippen LogP contribution >= 0.6 is 12.6 Å². The normalized spacial score (nSPS) is 9.08.